The van der Waals surface area contributed by atoms with Gasteiger partial charge in [0.1, 0.15) is 5.82 Å². The third-order valence-corrected chi connectivity index (χ3v) is 2.47. The molecule has 1 aliphatic heterocycles. The highest BCUT2D eigenvalue weighted by molar-refractivity contribution is 5.28. The minimum atomic E-state index is -0.328. The van der Waals surface area contributed by atoms with Crippen LogP contribution in [0.3, 0.4) is 0 Å². The Morgan fingerprint density at radius 1 is 1.54 bits per heavy atom. The normalized spacial score (nSPS) is 21.2. The molecule has 1 aromatic rings. The van der Waals surface area contributed by atoms with Crippen molar-refractivity contribution < 1.29 is 9.50 Å². The Bertz CT molecular complexity index is 310. The first-order valence-electron chi connectivity index (χ1n) is 4.44. The molecule has 2 nitrogen and oxygen atoms in total. The third kappa shape index (κ3) is 1.57. The van der Waals surface area contributed by atoms with Crippen LogP contribution in [0.4, 0.5) is 4.39 Å². The molecule has 0 saturated carbocycles. The predicted octanol–water partition coefficient (Wildman–Crippen LogP) is 1.35. The summed E-state index contributed by atoms with van der Waals surface area (Å²) in [6, 6.07) is 5.27. The highest BCUT2D eigenvalue weighted by Gasteiger charge is 2.18. The summed E-state index contributed by atoms with van der Waals surface area (Å²) in [5, 5.41) is 12.1. The summed E-state index contributed by atoms with van der Waals surface area (Å²) in [5.74, 6) is -0.328. The Kier molecular flexibility index (Phi) is 2.29. The lowest BCUT2D eigenvalue weighted by Gasteiger charge is -2.28. The van der Waals surface area contributed by atoms with Gasteiger partial charge in [0.15, 0.2) is 0 Å². The Labute approximate surface area is 76.4 Å². The molecule has 0 aromatic heterocycles. The van der Waals surface area contributed by atoms with Gasteiger partial charge in [0.25, 0.3) is 0 Å². The van der Waals surface area contributed by atoms with Crippen LogP contribution in [-0.4, -0.2) is 11.7 Å². The fraction of sp³-hybridized carbons (Fsp3) is 0.400. The van der Waals surface area contributed by atoms with Gasteiger partial charge >= 0.3 is 0 Å². The summed E-state index contributed by atoms with van der Waals surface area (Å²) in [5.41, 5.74) is 1.45. The molecule has 1 aliphatic rings. The number of aliphatic hydroxyl groups excluding tert-OH is 1. The molecule has 2 N–H and O–H groups in total. The smallest absolute Gasteiger partial charge is 0.128 e. The van der Waals surface area contributed by atoms with Crippen molar-refractivity contribution >= 4 is 0 Å². The molecule has 1 atom stereocenters. The molecule has 1 saturated heterocycles. The van der Waals surface area contributed by atoms with E-state index in [9.17, 15) is 4.39 Å². The molecule has 3 heteroatoms. The molecule has 1 fully saturated rings. The van der Waals surface area contributed by atoms with Gasteiger partial charge in [-0.25, -0.2) is 4.39 Å². The van der Waals surface area contributed by atoms with Gasteiger partial charge in [-0.3, -0.25) is 0 Å². The van der Waals surface area contributed by atoms with Crippen LogP contribution in [0, 0.1) is 5.82 Å². The second kappa shape index (κ2) is 3.44. The van der Waals surface area contributed by atoms with Gasteiger partial charge in [-0.2, -0.15) is 0 Å². The standard InChI is InChI=1S/C10H12FNO/c11-9-2-1-7(5-8(9)6-13)10-3-4-12-10/h1-2,5,10,12-13H,3-4,6H2/t10-/m0/s1. The molecule has 0 unspecified atom stereocenters. The topological polar surface area (TPSA) is 32.3 Å². The van der Waals surface area contributed by atoms with Crippen molar-refractivity contribution in [1.29, 1.82) is 0 Å². The van der Waals surface area contributed by atoms with E-state index in [0.29, 0.717) is 11.6 Å². The minimum absolute atomic E-state index is 0.230. The van der Waals surface area contributed by atoms with E-state index < -0.39 is 0 Å². The maximum absolute atomic E-state index is 13.0. The lowest BCUT2D eigenvalue weighted by atomic mass is 9.96. The average Bonchev–Trinajstić information content (AvgIpc) is 2.05. The summed E-state index contributed by atoms with van der Waals surface area (Å²) >= 11 is 0. The van der Waals surface area contributed by atoms with Crippen LogP contribution in [0.1, 0.15) is 23.6 Å². The molecule has 0 spiro atoms. The SMILES string of the molecule is OCc1cc([C@@H]2CCN2)ccc1F. The Morgan fingerprint density at radius 2 is 2.31 bits per heavy atom. The molecule has 13 heavy (non-hydrogen) atoms. The van der Waals surface area contributed by atoms with Gasteiger partial charge < -0.3 is 10.4 Å². The first-order chi connectivity index (χ1) is 6.31. The van der Waals surface area contributed by atoms with Gasteiger partial charge in [0.05, 0.1) is 6.61 Å². The second-order valence-corrected chi connectivity index (χ2v) is 3.30. The van der Waals surface area contributed by atoms with Crippen LogP contribution < -0.4 is 5.32 Å². The first-order valence-corrected chi connectivity index (χ1v) is 4.44. The number of nitrogens with one attached hydrogen (secondary N) is 1. The molecule has 0 aliphatic carbocycles. The summed E-state index contributed by atoms with van der Waals surface area (Å²) in [6.07, 6.45) is 1.09. The van der Waals surface area contributed by atoms with Gasteiger partial charge in [0, 0.05) is 11.6 Å². The van der Waals surface area contributed by atoms with E-state index in [2.05, 4.69) is 5.32 Å². The lowest BCUT2D eigenvalue weighted by Crippen LogP contribution is -2.34. The number of aliphatic hydroxyl groups is 1. The second-order valence-electron chi connectivity index (χ2n) is 3.30. The van der Waals surface area contributed by atoms with Crippen LogP contribution in [0.25, 0.3) is 0 Å². The summed E-state index contributed by atoms with van der Waals surface area (Å²) in [6.45, 7) is 0.795. The molecule has 0 radical (unpaired) electrons. The van der Waals surface area contributed by atoms with E-state index in [1.54, 1.807) is 12.1 Å². The first kappa shape index (κ1) is 8.66. The Morgan fingerprint density at radius 3 is 2.85 bits per heavy atom. The Balaban J connectivity index is 2.26. The van der Waals surface area contributed by atoms with Crippen molar-refractivity contribution in [3.05, 3.63) is 35.1 Å². The van der Waals surface area contributed by atoms with Crippen molar-refractivity contribution in [2.45, 2.75) is 19.1 Å². The zero-order valence-corrected chi connectivity index (χ0v) is 7.26. The Hall–Kier alpha value is -0.930. The number of halogens is 1. The summed E-state index contributed by atoms with van der Waals surface area (Å²) < 4.78 is 13.0. The number of rotatable bonds is 2. The third-order valence-electron chi connectivity index (χ3n) is 2.47. The van der Waals surface area contributed by atoms with Crippen molar-refractivity contribution in [3.8, 4) is 0 Å². The van der Waals surface area contributed by atoms with Crippen molar-refractivity contribution in [3.63, 3.8) is 0 Å². The van der Waals surface area contributed by atoms with Crippen molar-refractivity contribution in [1.82, 2.24) is 5.32 Å². The van der Waals surface area contributed by atoms with Gasteiger partial charge in [-0.1, -0.05) is 6.07 Å². The maximum Gasteiger partial charge on any atom is 0.128 e. The van der Waals surface area contributed by atoms with E-state index in [0.717, 1.165) is 18.5 Å². The van der Waals surface area contributed by atoms with Gasteiger partial charge in [-0.05, 0) is 30.7 Å². The lowest BCUT2D eigenvalue weighted by molar-refractivity contribution is 0.275. The van der Waals surface area contributed by atoms with Crippen LogP contribution in [0.15, 0.2) is 18.2 Å². The molecule has 0 bridgehead atoms. The van der Waals surface area contributed by atoms with E-state index >= 15 is 0 Å². The van der Waals surface area contributed by atoms with Crippen LogP contribution in [0.5, 0.6) is 0 Å². The minimum Gasteiger partial charge on any atom is -0.392 e. The van der Waals surface area contributed by atoms with E-state index in [-0.39, 0.29) is 12.4 Å². The van der Waals surface area contributed by atoms with Gasteiger partial charge in [0.2, 0.25) is 0 Å². The largest absolute Gasteiger partial charge is 0.392 e. The van der Waals surface area contributed by atoms with E-state index in [1.165, 1.54) is 6.07 Å². The van der Waals surface area contributed by atoms with Gasteiger partial charge in [-0.15, -0.1) is 0 Å². The average molecular weight is 181 g/mol. The summed E-state index contributed by atoms with van der Waals surface area (Å²) in [7, 11) is 0. The van der Waals surface area contributed by atoms with Crippen LogP contribution in [-0.2, 0) is 6.61 Å². The maximum atomic E-state index is 13.0. The monoisotopic (exact) mass is 181 g/mol. The highest BCUT2D eigenvalue weighted by atomic mass is 19.1. The fourth-order valence-corrected chi connectivity index (χ4v) is 1.51. The molecule has 1 aromatic carbocycles. The summed E-state index contributed by atoms with van der Waals surface area (Å²) in [4.78, 5) is 0. The van der Waals surface area contributed by atoms with Crippen molar-refractivity contribution in [2.24, 2.45) is 0 Å². The molecule has 1 heterocycles. The predicted molar refractivity (Wildman–Crippen MR) is 47.7 cm³/mol. The zero-order chi connectivity index (χ0) is 9.26. The number of hydrogen-bond acceptors (Lipinski definition) is 2. The molecular weight excluding hydrogens is 169 g/mol. The van der Waals surface area contributed by atoms with Crippen molar-refractivity contribution in [2.75, 3.05) is 6.54 Å². The molecule has 70 valence electrons. The van der Waals surface area contributed by atoms with E-state index in [4.69, 9.17) is 5.11 Å². The highest BCUT2D eigenvalue weighted by Crippen LogP contribution is 2.24. The molecule has 0 amide bonds. The quantitative estimate of drug-likeness (QED) is 0.721. The fourth-order valence-electron chi connectivity index (χ4n) is 1.51. The molecule has 2 rings (SSSR count). The zero-order valence-electron chi connectivity index (χ0n) is 7.26. The number of hydrogen-bond donors (Lipinski definition) is 2. The van der Waals surface area contributed by atoms with Crippen LogP contribution >= 0.6 is 0 Å². The van der Waals surface area contributed by atoms with E-state index in [1.807, 2.05) is 0 Å². The molecular formula is C10H12FNO. The number of benzene rings is 1. The van der Waals surface area contributed by atoms with Crippen LogP contribution in [0.2, 0.25) is 0 Å².